The molecule has 0 aliphatic heterocycles. The van der Waals surface area contributed by atoms with Gasteiger partial charge in [0, 0.05) is 20.1 Å². The topological polar surface area (TPSA) is 83.1 Å². The predicted octanol–water partition coefficient (Wildman–Crippen LogP) is 1.10. The fraction of sp³-hybridized carbons (Fsp3) is 0.500. The molecule has 1 aromatic heterocycles. The third-order valence-corrected chi connectivity index (χ3v) is 2.93. The van der Waals surface area contributed by atoms with Gasteiger partial charge in [0.2, 0.25) is 10.0 Å². The molecule has 0 radical (unpaired) electrons. The lowest BCUT2D eigenvalue weighted by atomic mass is 10.2. The summed E-state index contributed by atoms with van der Waals surface area (Å²) >= 11 is 0. The predicted molar refractivity (Wildman–Crippen MR) is 70.1 cm³/mol. The van der Waals surface area contributed by atoms with E-state index in [1.165, 1.54) is 7.05 Å². The lowest BCUT2D eigenvalue weighted by Crippen LogP contribution is -2.27. The van der Waals surface area contributed by atoms with Gasteiger partial charge in [-0.15, -0.1) is 0 Å². The van der Waals surface area contributed by atoms with Crippen molar-refractivity contribution in [1.82, 2.24) is 9.71 Å². The Kier molecular flexibility index (Phi) is 5.17. The van der Waals surface area contributed by atoms with E-state index < -0.39 is 21.8 Å². The number of rotatable bonds is 6. The number of sulfonamides is 1. The highest BCUT2D eigenvalue weighted by Gasteiger charge is 2.31. The molecule has 0 fully saturated rings. The third kappa shape index (κ3) is 5.61. The molecule has 0 bridgehead atoms. The van der Waals surface area contributed by atoms with E-state index in [1.807, 2.05) is 0 Å². The Labute approximate surface area is 114 Å². The Balaban J connectivity index is 2.75. The Hall–Kier alpha value is -1.55. The maximum absolute atomic E-state index is 12.7. The first-order chi connectivity index (χ1) is 9.12. The van der Waals surface area contributed by atoms with Gasteiger partial charge in [-0.2, -0.15) is 13.2 Å². The maximum Gasteiger partial charge on any atom is 0.416 e. The van der Waals surface area contributed by atoms with Crippen LogP contribution in [0.4, 0.5) is 24.8 Å². The van der Waals surface area contributed by atoms with E-state index in [2.05, 4.69) is 20.3 Å². The van der Waals surface area contributed by atoms with Gasteiger partial charge in [-0.25, -0.2) is 18.1 Å². The summed E-state index contributed by atoms with van der Waals surface area (Å²) in [6.07, 6.45) is -3.48. The number of hydrogen-bond acceptors (Lipinski definition) is 5. The molecule has 0 atom stereocenters. The molecule has 0 spiro atoms. The first-order valence-electron chi connectivity index (χ1n) is 5.57. The minimum absolute atomic E-state index is 0.0134. The summed E-state index contributed by atoms with van der Waals surface area (Å²) in [5, 5.41) is 5.16. The minimum atomic E-state index is -4.48. The van der Waals surface area contributed by atoms with Crippen LogP contribution < -0.4 is 15.4 Å². The lowest BCUT2D eigenvalue weighted by Gasteiger charge is -2.12. The summed E-state index contributed by atoms with van der Waals surface area (Å²) in [6.45, 7) is 0.163. The van der Waals surface area contributed by atoms with Crippen molar-refractivity contribution in [2.24, 2.45) is 0 Å². The molecular weight excluding hydrogens is 297 g/mol. The molecule has 0 aliphatic carbocycles. The molecule has 20 heavy (non-hydrogen) atoms. The van der Waals surface area contributed by atoms with Crippen LogP contribution in [0.1, 0.15) is 5.56 Å². The van der Waals surface area contributed by atoms with Crippen molar-refractivity contribution in [3.05, 3.63) is 17.7 Å². The van der Waals surface area contributed by atoms with E-state index in [0.29, 0.717) is 0 Å². The molecule has 10 heteroatoms. The van der Waals surface area contributed by atoms with Crippen LogP contribution in [-0.4, -0.2) is 39.8 Å². The summed E-state index contributed by atoms with van der Waals surface area (Å²) in [5.41, 5.74) is -0.838. The summed E-state index contributed by atoms with van der Waals surface area (Å²) in [7, 11) is -1.87. The van der Waals surface area contributed by atoms with Crippen molar-refractivity contribution < 1.29 is 21.6 Å². The van der Waals surface area contributed by atoms with E-state index in [1.54, 1.807) is 0 Å². The Morgan fingerprint density at radius 3 is 2.30 bits per heavy atom. The number of nitrogens with one attached hydrogen (secondary N) is 3. The molecule has 1 rings (SSSR count). The second-order valence-electron chi connectivity index (χ2n) is 3.97. The van der Waals surface area contributed by atoms with Gasteiger partial charge in [0.1, 0.15) is 11.6 Å². The standard InChI is InChI=1S/C10H15F3N4O2S/c1-14-8-5-7(10(11,12)13)6-9(17-8)15-3-4-16-20(2,18)19/h5-6,16H,3-4H2,1-2H3,(H2,14,15,17). The van der Waals surface area contributed by atoms with Crippen molar-refractivity contribution in [1.29, 1.82) is 0 Å². The zero-order valence-electron chi connectivity index (χ0n) is 10.9. The summed E-state index contributed by atoms with van der Waals surface area (Å²) in [6, 6.07) is 1.75. The molecule has 0 amide bonds. The van der Waals surface area contributed by atoms with E-state index in [4.69, 9.17) is 0 Å². The number of halogens is 3. The van der Waals surface area contributed by atoms with Gasteiger partial charge in [0.05, 0.1) is 11.8 Å². The highest BCUT2D eigenvalue weighted by atomic mass is 32.2. The van der Waals surface area contributed by atoms with Crippen LogP contribution in [-0.2, 0) is 16.2 Å². The highest BCUT2D eigenvalue weighted by Crippen LogP contribution is 2.31. The molecule has 114 valence electrons. The normalized spacial score (nSPS) is 12.2. The second kappa shape index (κ2) is 6.27. The van der Waals surface area contributed by atoms with Gasteiger partial charge in [-0.05, 0) is 12.1 Å². The fourth-order valence-corrected chi connectivity index (χ4v) is 1.81. The van der Waals surface area contributed by atoms with Gasteiger partial charge >= 0.3 is 6.18 Å². The average molecular weight is 312 g/mol. The molecule has 0 saturated heterocycles. The van der Waals surface area contributed by atoms with Crippen LogP contribution in [0.2, 0.25) is 0 Å². The third-order valence-electron chi connectivity index (χ3n) is 2.20. The van der Waals surface area contributed by atoms with Crippen LogP contribution in [0.25, 0.3) is 0 Å². The Morgan fingerprint density at radius 2 is 1.80 bits per heavy atom. The monoisotopic (exact) mass is 312 g/mol. The molecule has 0 aliphatic rings. The number of aromatic nitrogens is 1. The number of nitrogens with zero attached hydrogens (tertiary/aromatic N) is 1. The number of alkyl halides is 3. The number of pyridine rings is 1. The largest absolute Gasteiger partial charge is 0.416 e. The summed E-state index contributed by atoms with van der Waals surface area (Å²) in [5.74, 6) is 0.0814. The van der Waals surface area contributed by atoms with Crippen molar-refractivity contribution in [2.45, 2.75) is 6.18 Å². The maximum atomic E-state index is 12.7. The molecule has 3 N–H and O–H groups in total. The molecule has 1 aromatic rings. The van der Waals surface area contributed by atoms with E-state index in [0.717, 1.165) is 18.4 Å². The van der Waals surface area contributed by atoms with Crippen LogP contribution in [0.3, 0.4) is 0 Å². The van der Waals surface area contributed by atoms with Gasteiger partial charge < -0.3 is 10.6 Å². The van der Waals surface area contributed by atoms with Crippen molar-refractivity contribution >= 4 is 21.7 Å². The average Bonchev–Trinajstić information content (AvgIpc) is 2.32. The van der Waals surface area contributed by atoms with Crippen LogP contribution in [0.5, 0.6) is 0 Å². The zero-order valence-corrected chi connectivity index (χ0v) is 11.7. The number of hydrogen-bond donors (Lipinski definition) is 3. The van der Waals surface area contributed by atoms with E-state index >= 15 is 0 Å². The molecule has 0 unspecified atom stereocenters. The van der Waals surface area contributed by atoms with Crippen LogP contribution >= 0.6 is 0 Å². The van der Waals surface area contributed by atoms with Crippen molar-refractivity contribution in [3.63, 3.8) is 0 Å². The molecule has 0 aromatic carbocycles. The Bertz CT molecular complexity index is 560. The summed E-state index contributed by atoms with van der Waals surface area (Å²) < 4.78 is 61.8. The zero-order chi connectivity index (χ0) is 15.4. The first-order valence-corrected chi connectivity index (χ1v) is 7.46. The molecule has 6 nitrogen and oxygen atoms in total. The fourth-order valence-electron chi connectivity index (χ4n) is 1.34. The lowest BCUT2D eigenvalue weighted by molar-refractivity contribution is -0.137. The molecule has 0 saturated carbocycles. The molecule has 1 heterocycles. The van der Waals surface area contributed by atoms with Gasteiger partial charge in [-0.1, -0.05) is 0 Å². The van der Waals surface area contributed by atoms with Crippen molar-refractivity contribution in [2.75, 3.05) is 37.0 Å². The van der Waals surface area contributed by atoms with Crippen molar-refractivity contribution in [3.8, 4) is 0 Å². The summed E-state index contributed by atoms with van der Waals surface area (Å²) in [4.78, 5) is 3.90. The second-order valence-corrected chi connectivity index (χ2v) is 5.80. The quantitative estimate of drug-likeness (QED) is 0.685. The van der Waals surface area contributed by atoms with Gasteiger partial charge in [0.15, 0.2) is 0 Å². The number of anilines is 2. The smallest absolute Gasteiger partial charge is 0.373 e. The van der Waals surface area contributed by atoms with Crippen LogP contribution in [0.15, 0.2) is 12.1 Å². The van der Waals surface area contributed by atoms with Crippen LogP contribution in [0, 0.1) is 0 Å². The minimum Gasteiger partial charge on any atom is -0.373 e. The van der Waals surface area contributed by atoms with E-state index in [9.17, 15) is 21.6 Å². The SMILES string of the molecule is CNc1cc(C(F)(F)F)cc(NCCNS(C)(=O)=O)n1. The first kappa shape index (κ1) is 16.5. The van der Waals surface area contributed by atoms with Gasteiger partial charge in [0.25, 0.3) is 0 Å². The van der Waals surface area contributed by atoms with Gasteiger partial charge in [-0.3, -0.25) is 0 Å². The van der Waals surface area contributed by atoms with E-state index in [-0.39, 0.29) is 24.7 Å². The highest BCUT2D eigenvalue weighted by molar-refractivity contribution is 7.88. The Morgan fingerprint density at radius 1 is 1.20 bits per heavy atom. The molecular formula is C10H15F3N4O2S.